The van der Waals surface area contributed by atoms with Gasteiger partial charge in [-0.15, -0.1) is 24.8 Å². The van der Waals surface area contributed by atoms with E-state index in [0.717, 1.165) is 12.8 Å². The van der Waals surface area contributed by atoms with E-state index in [1.165, 1.54) is 54.0 Å². The van der Waals surface area contributed by atoms with Crippen molar-refractivity contribution in [3.63, 3.8) is 0 Å². The molecule has 0 N–H and O–H groups in total. The molecule has 0 saturated carbocycles. The molecule has 0 radical (unpaired) electrons. The van der Waals surface area contributed by atoms with E-state index >= 15 is 0 Å². The molecular formula is C30H32Cl2GeHf. The summed E-state index contributed by atoms with van der Waals surface area (Å²) in [6.07, 6.45) is 2.23. The molecule has 0 fully saturated rings. The number of hydrogen-bond donors (Lipinski definition) is 0. The van der Waals surface area contributed by atoms with E-state index in [4.69, 9.17) is 0 Å². The minimum absolute atomic E-state index is 0. The predicted molar refractivity (Wildman–Crippen MR) is 153 cm³/mol. The van der Waals surface area contributed by atoms with Gasteiger partial charge in [0.05, 0.1) is 0 Å². The molecule has 4 aromatic rings. The van der Waals surface area contributed by atoms with Gasteiger partial charge in [0.1, 0.15) is 0 Å². The molecule has 4 aromatic carbocycles. The molecule has 4 heteroatoms. The van der Waals surface area contributed by atoms with Crippen molar-refractivity contribution in [1.29, 1.82) is 0 Å². The molecule has 0 spiro atoms. The zero-order valence-electron chi connectivity index (χ0n) is 19.9. The largest absolute Gasteiger partial charge is 0.147 e. The molecule has 174 valence electrons. The molecule has 34 heavy (non-hydrogen) atoms. The van der Waals surface area contributed by atoms with Crippen LogP contribution in [0.25, 0.3) is 22.3 Å². The maximum absolute atomic E-state index is 3.60. The average Bonchev–Trinajstić information content (AvgIpc) is 3.42. The van der Waals surface area contributed by atoms with Gasteiger partial charge in [-0.2, -0.15) is 0 Å². The Morgan fingerprint density at radius 2 is 0.941 bits per heavy atom. The van der Waals surface area contributed by atoms with Crippen molar-refractivity contribution >= 4 is 43.7 Å². The number of hydrogen-bond acceptors (Lipinski definition) is 0. The summed E-state index contributed by atoms with van der Waals surface area (Å²) in [5, 5.41) is 0. The van der Waals surface area contributed by atoms with Crippen molar-refractivity contribution in [2.45, 2.75) is 35.0 Å². The Morgan fingerprint density at radius 1 is 0.559 bits per heavy atom. The molecule has 0 amide bonds. The summed E-state index contributed by atoms with van der Waals surface area (Å²) in [5.41, 5.74) is 12.3. The Labute approximate surface area is 221 Å². The number of benzene rings is 4. The first-order valence-corrected chi connectivity index (χ1v) is 35.4. The van der Waals surface area contributed by atoms with Gasteiger partial charge in [-0.25, -0.2) is 0 Å². The van der Waals surface area contributed by atoms with Crippen LogP contribution >= 0.6 is 24.8 Å². The summed E-state index contributed by atoms with van der Waals surface area (Å²) in [4.78, 5) is 0. The molecule has 2 aliphatic carbocycles. The van der Waals surface area contributed by atoms with Crippen LogP contribution in [-0.4, -0.2) is 12.2 Å². The third-order valence-corrected chi connectivity index (χ3v) is 64.9. The molecule has 0 saturated heterocycles. The van der Waals surface area contributed by atoms with Gasteiger partial charge in [-0.3, -0.25) is 0 Å². The topological polar surface area (TPSA) is 0 Å². The molecule has 0 bridgehead atoms. The monoisotopic (exact) mass is 716 g/mol. The summed E-state index contributed by atoms with van der Waals surface area (Å²) in [5.74, 6) is 0. The fourth-order valence-electron chi connectivity index (χ4n) is 6.70. The van der Waals surface area contributed by atoms with Crippen LogP contribution in [0, 0.1) is 0 Å². The summed E-state index contributed by atoms with van der Waals surface area (Å²) in [6, 6.07) is 32.8. The fraction of sp³-hybridized carbons (Fsp3) is 0.200. The zero-order chi connectivity index (χ0) is 21.9. The minimum atomic E-state index is -3.60. The standard InChI is InChI=1S/2C13H9.2C2H5.2ClH.GeH2.Hf/c2*1-3-7-12-10(5-1)9-11-6-2-4-8-13(11)12;2*1-2;;;;/h2*1-5,7-8H,9H2;2*1H2,2H3;2*1H;1H2;. The van der Waals surface area contributed by atoms with Crippen LogP contribution in [-0.2, 0) is 28.2 Å². The van der Waals surface area contributed by atoms with Crippen molar-refractivity contribution in [2.24, 2.45) is 0 Å². The van der Waals surface area contributed by atoms with Crippen molar-refractivity contribution in [3.8, 4) is 22.3 Å². The smallest absolute Gasteiger partial charge is 0.147 e. The van der Waals surface area contributed by atoms with E-state index in [2.05, 4.69) is 98.8 Å². The van der Waals surface area contributed by atoms with Crippen molar-refractivity contribution in [2.75, 3.05) is 0 Å². The summed E-state index contributed by atoms with van der Waals surface area (Å²) in [6.45, 7) is 5.04. The quantitative estimate of drug-likeness (QED) is 0.178. The van der Waals surface area contributed by atoms with Gasteiger partial charge in [0.25, 0.3) is 0 Å². The molecule has 0 heterocycles. The summed E-state index contributed by atoms with van der Waals surface area (Å²) >= 11 is -2.15. The van der Waals surface area contributed by atoms with E-state index in [0.29, 0.717) is 0 Å². The first-order chi connectivity index (χ1) is 15.6. The molecule has 6 rings (SSSR count). The number of fused-ring (bicyclic) bond motifs is 6. The normalized spacial score (nSPS) is 13.1. The van der Waals surface area contributed by atoms with Crippen molar-refractivity contribution in [1.82, 2.24) is 0 Å². The SMILES string of the molecule is C[CH2][Hf](=[GeH2])([CH2]C)([c]1cccc2c1Cc1ccccc1-2)[c]1cccc2c1Cc1ccccc1-2.Cl.Cl. The van der Waals surface area contributed by atoms with Crippen LogP contribution in [0.3, 0.4) is 0 Å². The van der Waals surface area contributed by atoms with Gasteiger partial charge in [0.2, 0.25) is 0 Å². The van der Waals surface area contributed by atoms with Gasteiger partial charge < -0.3 is 0 Å². The van der Waals surface area contributed by atoms with E-state index in [1.807, 2.05) is 0 Å². The van der Waals surface area contributed by atoms with Gasteiger partial charge in [0, 0.05) is 0 Å². The summed E-state index contributed by atoms with van der Waals surface area (Å²) in [7, 11) is 0. The third-order valence-electron chi connectivity index (χ3n) is 8.82. The molecule has 0 nitrogen and oxygen atoms in total. The Morgan fingerprint density at radius 3 is 1.35 bits per heavy atom. The van der Waals surface area contributed by atoms with Gasteiger partial charge in [0.15, 0.2) is 0 Å². The third kappa shape index (κ3) is 3.49. The van der Waals surface area contributed by atoms with Crippen LogP contribution in [0.15, 0.2) is 84.9 Å². The fourth-order valence-corrected chi connectivity index (χ4v) is 37.5. The van der Waals surface area contributed by atoms with Gasteiger partial charge >= 0.3 is 199 Å². The number of rotatable bonds is 4. The average molecular weight is 715 g/mol. The van der Waals surface area contributed by atoms with Crippen LogP contribution in [0.5, 0.6) is 0 Å². The van der Waals surface area contributed by atoms with Crippen LogP contribution in [0.1, 0.15) is 36.1 Å². The van der Waals surface area contributed by atoms with E-state index in [9.17, 15) is 0 Å². The molecule has 2 aliphatic rings. The number of halogens is 2. The molecule has 0 aromatic heterocycles. The Hall–Kier alpha value is -1.13. The molecule has 0 atom stereocenters. The van der Waals surface area contributed by atoms with Crippen molar-refractivity contribution in [3.05, 3.63) is 107 Å². The van der Waals surface area contributed by atoms with Crippen LogP contribution < -0.4 is 6.64 Å². The van der Waals surface area contributed by atoms with Crippen LogP contribution in [0.4, 0.5) is 0 Å². The van der Waals surface area contributed by atoms with Gasteiger partial charge in [-0.1, -0.05) is 0 Å². The first kappa shape index (κ1) is 26.0. The molecule has 0 unspecified atom stereocenters. The zero-order valence-corrected chi connectivity index (χ0v) is 28.1. The minimum Gasteiger partial charge on any atom is -0.147 e. The second-order valence-electron chi connectivity index (χ2n) is 9.97. The van der Waals surface area contributed by atoms with Crippen LogP contribution in [0.2, 0.25) is 8.35 Å². The van der Waals surface area contributed by atoms with E-state index in [-0.39, 0.29) is 24.8 Å². The maximum Gasteiger partial charge on any atom is -0.147 e. The maximum atomic E-state index is 2.55. The Bertz CT molecular complexity index is 1360. The Balaban J connectivity index is 0.00000137. The van der Waals surface area contributed by atoms with E-state index < -0.39 is 15.4 Å². The molecular weight excluding hydrogens is 682 g/mol. The van der Waals surface area contributed by atoms with Crippen molar-refractivity contribution < 1.29 is 15.4 Å². The Kier molecular flexibility index (Phi) is 7.17. The predicted octanol–water partition coefficient (Wildman–Crippen LogP) is 6.74. The van der Waals surface area contributed by atoms with Gasteiger partial charge in [-0.05, 0) is 0 Å². The second-order valence-corrected chi connectivity index (χ2v) is 62.2. The second kappa shape index (κ2) is 9.39. The summed E-state index contributed by atoms with van der Waals surface area (Å²) < 4.78 is 6.30. The molecule has 0 aliphatic heterocycles. The van der Waals surface area contributed by atoms with E-state index in [1.54, 1.807) is 17.8 Å². The first-order valence-electron chi connectivity index (χ1n) is 12.0.